The van der Waals surface area contributed by atoms with Crippen LogP contribution in [0.2, 0.25) is 0 Å². The number of nitrogens with one attached hydrogen (secondary N) is 1. The maximum Gasteiger partial charge on any atom is 0.416 e. The highest BCUT2D eigenvalue weighted by Gasteiger charge is 2.32. The summed E-state index contributed by atoms with van der Waals surface area (Å²) in [5.41, 5.74) is 6.84. The van der Waals surface area contributed by atoms with Crippen LogP contribution < -0.4 is 16.0 Å². The van der Waals surface area contributed by atoms with Gasteiger partial charge in [0.25, 0.3) is 0 Å². The average molecular weight is 389 g/mol. The van der Waals surface area contributed by atoms with E-state index >= 15 is 0 Å². The number of carbonyl (C=O) groups is 2. The Hall–Kier alpha value is -3.29. The number of anilines is 2. The molecule has 0 aliphatic carbocycles. The minimum atomic E-state index is -4.43. The van der Waals surface area contributed by atoms with Crippen molar-refractivity contribution in [2.24, 2.45) is 5.73 Å². The number of hydrogen-bond acceptors (Lipinski definition) is 3. The summed E-state index contributed by atoms with van der Waals surface area (Å²) in [6.45, 7) is 3.74. The van der Waals surface area contributed by atoms with E-state index in [4.69, 9.17) is 5.73 Å². The van der Waals surface area contributed by atoms with Crippen molar-refractivity contribution in [3.8, 4) is 0 Å². The predicted molar refractivity (Wildman–Crippen MR) is 99.2 cm³/mol. The van der Waals surface area contributed by atoms with Crippen molar-refractivity contribution in [1.82, 2.24) is 5.32 Å². The Morgan fingerprint density at radius 1 is 1.18 bits per heavy atom. The van der Waals surface area contributed by atoms with Gasteiger partial charge in [0.15, 0.2) is 0 Å². The monoisotopic (exact) mass is 389 g/mol. The van der Waals surface area contributed by atoms with Gasteiger partial charge in [-0.3, -0.25) is 9.59 Å². The summed E-state index contributed by atoms with van der Waals surface area (Å²) in [5.74, 6) is -0.989. The first-order chi connectivity index (χ1) is 13.2. The molecule has 3 rings (SSSR count). The van der Waals surface area contributed by atoms with Crippen LogP contribution in [0.25, 0.3) is 0 Å². The summed E-state index contributed by atoms with van der Waals surface area (Å²) in [4.78, 5) is 25.3. The third-order valence-corrected chi connectivity index (χ3v) is 4.60. The lowest BCUT2D eigenvalue weighted by Crippen LogP contribution is -2.47. The van der Waals surface area contributed by atoms with Gasteiger partial charge in [-0.2, -0.15) is 13.2 Å². The van der Waals surface area contributed by atoms with Crippen LogP contribution in [0.3, 0.4) is 0 Å². The van der Waals surface area contributed by atoms with Crippen molar-refractivity contribution in [3.63, 3.8) is 0 Å². The minimum Gasteiger partial charge on any atom is -0.366 e. The molecule has 5 nitrogen and oxygen atoms in total. The number of rotatable bonds is 4. The van der Waals surface area contributed by atoms with Crippen LogP contribution in [0.15, 0.2) is 55.1 Å². The van der Waals surface area contributed by atoms with E-state index in [9.17, 15) is 22.8 Å². The number of carbonyl (C=O) groups excluding carboxylic acids is 2. The van der Waals surface area contributed by atoms with Crippen LogP contribution in [-0.2, 0) is 17.4 Å². The summed E-state index contributed by atoms with van der Waals surface area (Å²) in [6.07, 6.45) is -2.93. The maximum atomic E-state index is 12.9. The molecule has 0 aromatic heterocycles. The standard InChI is InChI=1S/C20H18F3N3O2/c1-2-18(27)25-13-10-16-15(19(24)28)4-3-5-17(16)26(11-13)14-8-6-12(7-9-14)20(21,22)23/h2-9,13H,1,10-11H2,(H2,24,28)(H,25,27). The fourth-order valence-electron chi connectivity index (χ4n) is 3.33. The first kappa shape index (κ1) is 19.5. The van der Waals surface area contributed by atoms with Gasteiger partial charge in [0.05, 0.1) is 11.6 Å². The molecule has 0 fully saturated rings. The summed E-state index contributed by atoms with van der Waals surface area (Å²) in [6, 6.07) is 9.37. The Morgan fingerprint density at radius 2 is 1.86 bits per heavy atom. The van der Waals surface area contributed by atoms with E-state index in [1.54, 1.807) is 23.1 Å². The van der Waals surface area contributed by atoms with Gasteiger partial charge in [0.2, 0.25) is 11.8 Å². The molecule has 8 heteroatoms. The zero-order chi connectivity index (χ0) is 20.5. The van der Waals surface area contributed by atoms with Crippen molar-refractivity contribution in [3.05, 3.63) is 71.8 Å². The summed E-state index contributed by atoms with van der Waals surface area (Å²) >= 11 is 0. The van der Waals surface area contributed by atoms with Crippen molar-refractivity contribution >= 4 is 23.2 Å². The van der Waals surface area contributed by atoms with E-state index < -0.39 is 17.6 Å². The normalized spacial score (nSPS) is 16.2. The highest BCUT2D eigenvalue weighted by Crippen LogP contribution is 2.37. The lowest BCUT2D eigenvalue weighted by Gasteiger charge is -2.37. The Bertz CT molecular complexity index is 923. The van der Waals surface area contributed by atoms with Gasteiger partial charge in [-0.1, -0.05) is 12.6 Å². The molecule has 1 atom stereocenters. The predicted octanol–water partition coefficient (Wildman–Crippen LogP) is 3.17. The fraction of sp³-hybridized carbons (Fsp3) is 0.200. The van der Waals surface area contributed by atoms with Crippen LogP contribution >= 0.6 is 0 Å². The zero-order valence-corrected chi connectivity index (χ0v) is 14.8. The number of fused-ring (bicyclic) bond motifs is 1. The number of nitrogens with two attached hydrogens (primary N) is 1. The zero-order valence-electron chi connectivity index (χ0n) is 14.8. The molecule has 1 aliphatic rings. The number of primary amides is 1. The SMILES string of the molecule is C=CC(=O)NC1Cc2c(C(N)=O)cccc2N(c2ccc(C(F)(F)F)cc2)C1. The molecule has 0 saturated heterocycles. The van der Waals surface area contributed by atoms with Crippen LogP contribution in [0.4, 0.5) is 24.5 Å². The van der Waals surface area contributed by atoms with E-state index in [2.05, 4.69) is 11.9 Å². The summed E-state index contributed by atoms with van der Waals surface area (Å²) < 4.78 is 38.6. The quantitative estimate of drug-likeness (QED) is 0.789. The fourth-order valence-corrected chi connectivity index (χ4v) is 3.33. The van der Waals surface area contributed by atoms with Gasteiger partial charge < -0.3 is 16.0 Å². The molecule has 1 unspecified atom stereocenters. The Balaban J connectivity index is 2.04. The Kier molecular flexibility index (Phi) is 5.13. The van der Waals surface area contributed by atoms with Gasteiger partial charge in [0, 0.05) is 23.5 Å². The van der Waals surface area contributed by atoms with Crippen molar-refractivity contribution in [1.29, 1.82) is 0 Å². The van der Waals surface area contributed by atoms with Gasteiger partial charge in [0.1, 0.15) is 0 Å². The van der Waals surface area contributed by atoms with E-state index in [1.807, 2.05) is 0 Å². The highest BCUT2D eigenvalue weighted by molar-refractivity contribution is 5.96. The van der Waals surface area contributed by atoms with E-state index in [0.717, 1.165) is 18.2 Å². The highest BCUT2D eigenvalue weighted by atomic mass is 19.4. The Labute approximate surface area is 159 Å². The molecule has 0 radical (unpaired) electrons. The molecular weight excluding hydrogens is 371 g/mol. The van der Waals surface area contributed by atoms with Gasteiger partial charge in [-0.15, -0.1) is 0 Å². The molecule has 0 saturated carbocycles. The number of nitrogens with zero attached hydrogens (tertiary/aromatic N) is 1. The van der Waals surface area contributed by atoms with Crippen LogP contribution in [0, 0.1) is 0 Å². The number of benzene rings is 2. The molecular formula is C20H18F3N3O2. The van der Waals surface area contributed by atoms with E-state index in [0.29, 0.717) is 35.5 Å². The number of hydrogen-bond donors (Lipinski definition) is 2. The van der Waals surface area contributed by atoms with Crippen LogP contribution in [0.1, 0.15) is 21.5 Å². The lowest BCUT2D eigenvalue weighted by molar-refractivity contribution is -0.137. The molecule has 2 aromatic carbocycles. The third kappa shape index (κ3) is 3.85. The molecule has 2 aromatic rings. The molecule has 0 spiro atoms. The largest absolute Gasteiger partial charge is 0.416 e. The van der Waals surface area contributed by atoms with E-state index in [1.165, 1.54) is 12.1 Å². The summed E-state index contributed by atoms with van der Waals surface area (Å²) in [7, 11) is 0. The summed E-state index contributed by atoms with van der Waals surface area (Å²) in [5, 5.41) is 2.78. The van der Waals surface area contributed by atoms with Gasteiger partial charge >= 0.3 is 6.18 Å². The average Bonchev–Trinajstić information content (AvgIpc) is 2.66. The topological polar surface area (TPSA) is 75.4 Å². The molecule has 0 bridgehead atoms. The Morgan fingerprint density at radius 3 is 2.43 bits per heavy atom. The number of halogens is 3. The van der Waals surface area contributed by atoms with Crippen LogP contribution in [0.5, 0.6) is 0 Å². The molecule has 28 heavy (non-hydrogen) atoms. The lowest BCUT2D eigenvalue weighted by atomic mass is 9.92. The first-order valence-electron chi connectivity index (χ1n) is 8.50. The second-order valence-corrected chi connectivity index (χ2v) is 6.44. The van der Waals surface area contributed by atoms with Crippen molar-refractivity contribution in [2.45, 2.75) is 18.6 Å². The van der Waals surface area contributed by atoms with Gasteiger partial charge in [-0.05, 0) is 54.5 Å². The smallest absolute Gasteiger partial charge is 0.366 e. The van der Waals surface area contributed by atoms with E-state index in [-0.39, 0.29) is 11.9 Å². The van der Waals surface area contributed by atoms with Crippen molar-refractivity contribution in [2.75, 3.05) is 11.4 Å². The molecule has 1 heterocycles. The van der Waals surface area contributed by atoms with Crippen LogP contribution in [-0.4, -0.2) is 24.4 Å². The third-order valence-electron chi connectivity index (χ3n) is 4.60. The molecule has 146 valence electrons. The second-order valence-electron chi connectivity index (χ2n) is 6.44. The maximum absolute atomic E-state index is 12.9. The molecule has 2 amide bonds. The molecule has 3 N–H and O–H groups in total. The first-order valence-corrected chi connectivity index (χ1v) is 8.50. The second kappa shape index (κ2) is 7.38. The number of amides is 2. The number of alkyl halides is 3. The van der Waals surface area contributed by atoms with Gasteiger partial charge in [-0.25, -0.2) is 0 Å². The minimum absolute atomic E-state index is 0.312. The molecule has 1 aliphatic heterocycles. The van der Waals surface area contributed by atoms with Crippen molar-refractivity contribution < 1.29 is 22.8 Å².